The molecule has 0 fully saturated rings. The Morgan fingerprint density at radius 3 is 2.86 bits per heavy atom. The highest BCUT2D eigenvalue weighted by molar-refractivity contribution is 7.09. The number of H-pyrrole nitrogens is 1. The van der Waals surface area contributed by atoms with Crippen LogP contribution in [0.15, 0.2) is 28.8 Å². The molecule has 1 N–H and O–H groups in total. The summed E-state index contributed by atoms with van der Waals surface area (Å²) in [6.45, 7) is 3.95. The zero-order valence-corrected chi connectivity index (χ0v) is 8.84. The number of aromatic nitrogens is 3. The van der Waals surface area contributed by atoms with Crippen LogP contribution in [0.3, 0.4) is 0 Å². The first-order valence-corrected chi connectivity index (χ1v) is 5.17. The van der Waals surface area contributed by atoms with Gasteiger partial charge in [-0.3, -0.25) is 4.57 Å². The maximum absolute atomic E-state index is 11.4. The molecule has 0 aromatic carbocycles. The number of imidazole rings is 1. The minimum absolute atomic E-state index is 0.106. The lowest BCUT2D eigenvalue weighted by atomic mass is 10.1. The van der Waals surface area contributed by atoms with Gasteiger partial charge in [-0.1, -0.05) is 0 Å². The van der Waals surface area contributed by atoms with Gasteiger partial charge in [-0.05, 0) is 13.8 Å². The lowest BCUT2D eigenvalue weighted by Gasteiger charge is -2.22. The highest BCUT2D eigenvalue weighted by Gasteiger charge is 2.26. The van der Waals surface area contributed by atoms with Crippen molar-refractivity contribution in [3.63, 3.8) is 0 Å². The molecule has 4 nitrogen and oxygen atoms in total. The monoisotopic (exact) mass is 209 g/mol. The van der Waals surface area contributed by atoms with Crippen LogP contribution >= 0.6 is 11.3 Å². The van der Waals surface area contributed by atoms with Gasteiger partial charge in [-0.25, -0.2) is 9.78 Å². The van der Waals surface area contributed by atoms with Crippen molar-refractivity contribution in [3.05, 3.63) is 39.5 Å². The number of nitrogens with one attached hydrogen (secondary N) is 1. The molecule has 0 unspecified atom stereocenters. The van der Waals surface area contributed by atoms with Crippen LogP contribution < -0.4 is 5.69 Å². The van der Waals surface area contributed by atoms with Gasteiger partial charge in [0.2, 0.25) is 0 Å². The van der Waals surface area contributed by atoms with Gasteiger partial charge >= 0.3 is 5.69 Å². The standard InChI is InChI=1S/C9H11N3OS/c1-9(2,7-10-4-6-14-7)12-5-3-11-8(12)13/h3-6H,1-2H3,(H,11,13). The number of rotatable bonds is 2. The van der Waals surface area contributed by atoms with Crippen molar-refractivity contribution in [1.29, 1.82) is 0 Å². The number of hydrogen-bond donors (Lipinski definition) is 1. The van der Waals surface area contributed by atoms with Gasteiger partial charge in [0.15, 0.2) is 0 Å². The third-order valence-electron chi connectivity index (χ3n) is 2.21. The van der Waals surface area contributed by atoms with Gasteiger partial charge in [-0.2, -0.15) is 0 Å². The van der Waals surface area contributed by atoms with E-state index < -0.39 is 0 Å². The average Bonchev–Trinajstić information content (AvgIpc) is 2.72. The summed E-state index contributed by atoms with van der Waals surface area (Å²) in [5.41, 5.74) is -0.490. The number of aromatic amines is 1. The van der Waals surface area contributed by atoms with E-state index in [-0.39, 0.29) is 11.2 Å². The first kappa shape index (κ1) is 9.21. The van der Waals surface area contributed by atoms with E-state index in [1.807, 2.05) is 19.2 Å². The van der Waals surface area contributed by atoms with Crippen molar-refractivity contribution < 1.29 is 0 Å². The fourth-order valence-electron chi connectivity index (χ4n) is 1.39. The molecule has 5 heteroatoms. The summed E-state index contributed by atoms with van der Waals surface area (Å²) in [6, 6.07) is 0. The van der Waals surface area contributed by atoms with Crippen LogP contribution in [0.1, 0.15) is 18.9 Å². The Morgan fingerprint density at radius 2 is 2.36 bits per heavy atom. The lowest BCUT2D eigenvalue weighted by molar-refractivity contribution is 0.421. The molecule has 0 amide bonds. The van der Waals surface area contributed by atoms with E-state index in [0.29, 0.717) is 0 Å². The van der Waals surface area contributed by atoms with Crippen molar-refractivity contribution in [2.75, 3.05) is 0 Å². The summed E-state index contributed by atoms with van der Waals surface area (Å²) in [5.74, 6) is 0. The van der Waals surface area contributed by atoms with Crippen molar-refractivity contribution in [2.45, 2.75) is 19.4 Å². The highest BCUT2D eigenvalue weighted by Crippen LogP contribution is 2.25. The second kappa shape index (κ2) is 3.09. The minimum Gasteiger partial charge on any atom is -0.313 e. The highest BCUT2D eigenvalue weighted by atomic mass is 32.1. The third-order valence-corrected chi connectivity index (χ3v) is 3.29. The van der Waals surface area contributed by atoms with E-state index >= 15 is 0 Å². The van der Waals surface area contributed by atoms with E-state index in [0.717, 1.165) is 5.01 Å². The van der Waals surface area contributed by atoms with E-state index in [9.17, 15) is 4.79 Å². The summed E-state index contributed by atoms with van der Waals surface area (Å²) < 4.78 is 1.64. The lowest BCUT2D eigenvalue weighted by Crippen LogP contribution is -2.35. The summed E-state index contributed by atoms with van der Waals surface area (Å²) >= 11 is 1.55. The second-order valence-corrected chi connectivity index (χ2v) is 4.43. The molecule has 2 aromatic rings. The van der Waals surface area contributed by atoms with Gasteiger partial charge in [-0.15, -0.1) is 11.3 Å². The summed E-state index contributed by atoms with van der Waals surface area (Å²) in [6.07, 6.45) is 5.13. The van der Waals surface area contributed by atoms with Crippen LogP contribution in [-0.4, -0.2) is 14.5 Å². The molecule has 0 spiro atoms. The predicted octanol–water partition coefficient (Wildman–Crippen LogP) is 1.42. The van der Waals surface area contributed by atoms with Gasteiger partial charge < -0.3 is 4.98 Å². The van der Waals surface area contributed by atoms with Gasteiger partial charge in [0.25, 0.3) is 0 Å². The molecule has 2 aromatic heterocycles. The molecule has 0 saturated carbocycles. The summed E-state index contributed by atoms with van der Waals surface area (Å²) in [4.78, 5) is 18.3. The van der Waals surface area contributed by atoms with Crippen LogP contribution in [0.5, 0.6) is 0 Å². The predicted molar refractivity (Wildman–Crippen MR) is 55.6 cm³/mol. The SMILES string of the molecule is CC(C)(c1nccs1)n1cc[nH]c1=O. The first-order valence-electron chi connectivity index (χ1n) is 4.29. The fourth-order valence-corrected chi connectivity index (χ4v) is 2.15. The van der Waals surface area contributed by atoms with Crippen LogP contribution in [0.2, 0.25) is 0 Å². The average molecular weight is 209 g/mol. The van der Waals surface area contributed by atoms with E-state index in [4.69, 9.17) is 0 Å². The van der Waals surface area contributed by atoms with Crippen LogP contribution in [0.4, 0.5) is 0 Å². The molecule has 74 valence electrons. The molecule has 0 aliphatic carbocycles. The molecule has 0 atom stereocenters. The summed E-state index contributed by atoms with van der Waals surface area (Å²) in [5, 5.41) is 2.84. The Bertz CT molecular complexity index is 466. The van der Waals surface area contributed by atoms with Crippen LogP contribution in [-0.2, 0) is 5.54 Å². The number of nitrogens with zero attached hydrogens (tertiary/aromatic N) is 2. The Kier molecular flexibility index (Phi) is 2.03. The van der Waals surface area contributed by atoms with Crippen molar-refractivity contribution in [3.8, 4) is 0 Å². The topological polar surface area (TPSA) is 50.7 Å². The molecule has 14 heavy (non-hydrogen) atoms. The van der Waals surface area contributed by atoms with Crippen molar-refractivity contribution in [2.24, 2.45) is 0 Å². The third kappa shape index (κ3) is 1.29. The van der Waals surface area contributed by atoms with E-state index in [1.165, 1.54) is 0 Å². The van der Waals surface area contributed by atoms with Crippen LogP contribution in [0.25, 0.3) is 0 Å². The first-order chi connectivity index (χ1) is 6.62. The molecular formula is C9H11N3OS. The number of hydrogen-bond acceptors (Lipinski definition) is 3. The largest absolute Gasteiger partial charge is 0.326 e. The van der Waals surface area contributed by atoms with Crippen LogP contribution in [0, 0.1) is 0 Å². The molecule has 2 heterocycles. The molecule has 0 aliphatic rings. The van der Waals surface area contributed by atoms with E-state index in [1.54, 1.807) is 34.5 Å². The fraction of sp³-hybridized carbons (Fsp3) is 0.333. The maximum atomic E-state index is 11.4. The molecule has 0 aliphatic heterocycles. The quantitative estimate of drug-likeness (QED) is 0.813. The Labute approximate surface area is 85.2 Å². The normalized spacial score (nSPS) is 11.9. The van der Waals surface area contributed by atoms with E-state index in [2.05, 4.69) is 9.97 Å². The van der Waals surface area contributed by atoms with Gasteiger partial charge in [0.05, 0.1) is 5.54 Å². The van der Waals surface area contributed by atoms with Crippen molar-refractivity contribution in [1.82, 2.24) is 14.5 Å². The molecule has 0 saturated heterocycles. The zero-order chi connectivity index (χ0) is 10.2. The molecular weight excluding hydrogens is 198 g/mol. The minimum atomic E-state index is -0.384. The zero-order valence-electron chi connectivity index (χ0n) is 8.02. The Balaban J connectivity index is 2.53. The molecule has 0 radical (unpaired) electrons. The van der Waals surface area contributed by atoms with Crippen molar-refractivity contribution >= 4 is 11.3 Å². The van der Waals surface area contributed by atoms with Gasteiger partial charge in [0.1, 0.15) is 5.01 Å². The second-order valence-electron chi connectivity index (χ2n) is 3.53. The summed E-state index contributed by atoms with van der Waals surface area (Å²) in [7, 11) is 0. The number of thiazole rings is 1. The molecule has 2 rings (SSSR count). The smallest absolute Gasteiger partial charge is 0.313 e. The maximum Gasteiger partial charge on any atom is 0.326 e. The van der Waals surface area contributed by atoms with Gasteiger partial charge in [0, 0.05) is 24.0 Å². The Morgan fingerprint density at radius 1 is 1.57 bits per heavy atom. The Hall–Kier alpha value is -1.36. The molecule has 0 bridgehead atoms.